The number of rotatable bonds is 3. The topological polar surface area (TPSA) is 44.1 Å². The van der Waals surface area contributed by atoms with Gasteiger partial charge in [-0.1, -0.05) is 6.42 Å². The zero-order valence-corrected chi connectivity index (χ0v) is 17.0. The number of aromatic nitrogens is 2. The van der Waals surface area contributed by atoms with Gasteiger partial charge in [-0.15, -0.1) is 11.3 Å². The lowest BCUT2D eigenvalue weighted by atomic mass is 9.90. The Morgan fingerprint density at radius 3 is 3.04 bits per heavy atom. The van der Waals surface area contributed by atoms with Gasteiger partial charge < -0.3 is 9.80 Å². The lowest BCUT2D eigenvalue weighted by molar-refractivity contribution is 0.0754. The molecular weight excluding hydrogens is 358 g/mol. The summed E-state index contributed by atoms with van der Waals surface area (Å²) in [5, 5.41) is 2.07. The highest BCUT2D eigenvalue weighted by molar-refractivity contribution is 7.15. The molecule has 3 aliphatic rings. The van der Waals surface area contributed by atoms with E-state index in [9.17, 15) is 4.79 Å². The first kappa shape index (κ1) is 17.6. The lowest BCUT2D eigenvalue weighted by Crippen LogP contribution is -2.36. The smallest absolute Gasteiger partial charge is 0.274 e. The molecule has 4 heterocycles. The maximum absolute atomic E-state index is 13.4. The molecule has 0 radical (unpaired) electrons. The van der Waals surface area contributed by atoms with Crippen LogP contribution in [-0.4, -0.2) is 75.8 Å². The van der Waals surface area contributed by atoms with Crippen molar-refractivity contribution in [2.45, 2.75) is 44.7 Å². The predicted molar refractivity (Wildman–Crippen MR) is 107 cm³/mol. The number of likely N-dealkylation sites (N-methyl/N-ethyl adjacent to an activating group) is 1. The zero-order chi connectivity index (χ0) is 18.4. The van der Waals surface area contributed by atoms with Gasteiger partial charge in [-0.2, -0.15) is 0 Å². The van der Waals surface area contributed by atoms with Crippen molar-refractivity contribution < 1.29 is 4.79 Å². The van der Waals surface area contributed by atoms with E-state index >= 15 is 0 Å². The molecule has 2 bridgehead atoms. The summed E-state index contributed by atoms with van der Waals surface area (Å²) in [6.45, 7) is 5.68. The molecule has 3 fully saturated rings. The Hall–Kier alpha value is -1.44. The number of amides is 1. The van der Waals surface area contributed by atoms with Gasteiger partial charge in [0.25, 0.3) is 5.91 Å². The third kappa shape index (κ3) is 3.30. The largest absolute Gasteiger partial charge is 0.336 e. The van der Waals surface area contributed by atoms with Gasteiger partial charge in [-0.25, -0.2) is 4.98 Å². The van der Waals surface area contributed by atoms with Crippen LogP contribution in [0, 0.1) is 5.92 Å². The van der Waals surface area contributed by atoms with Crippen molar-refractivity contribution in [3.63, 3.8) is 0 Å². The summed E-state index contributed by atoms with van der Waals surface area (Å²) in [5.74, 6) is 0.980. The molecule has 1 saturated carbocycles. The summed E-state index contributed by atoms with van der Waals surface area (Å²) in [7, 11) is 2.14. The molecule has 6 nitrogen and oxygen atoms in total. The monoisotopic (exact) mass is 387 g/mol. The minimum atomic E-state index is 0.123. The molecule has 2 aliphatic heterocycles. The summed E-state index contributed by atoms with van der Waals surface area (Å²) in [6.07, 6.45) is 8.50. The highest BCUT2D eigenvalue weighted by atomic mass is 32.1. The number of imidazole rings is 1. The maximum atomic E-state index is 13.4. The second-order valence-corrected chi connectivity index (χ2v) is 9.40. The number of carbonyl (C=O) groups is 1. The van der Waals surface area contributed by atoms with Crippen molar-refractivity contribution in [1.82, 2.24) is 24.1 Å². The number of likely N-dealkylation sites (tertiary alicyclic amines) is 1. The fourth-order valence-corrected chi connectivity index (χ4v) is 5.91. The van der Waals surface area contributed by atoms with Gasteiger partial charge in [-0.3, -0.25) is 14.1 Å². The van der Waals surface area contributed by atoms with Crippen LogP contribution in [-0.2, 0) is 6.54 Å². The third-order valence-corrected chi connectivity index (χ3v) is 7.44. The molecule has 2 saturated heterocycles. The van der Waals surface area contributed by atoms with Gasteiger partial charge in [0, 0.05) is 50.3 Å². The van der Waals surface area contributed by atoms with Gasteiger partial charge in [0.05, 0.1) is 5.69 Å². The summed E-state index contributed by atoms with van der Waals surface area (Å²) >= 11 is 1.62. The van der Waals surface area contributed by atoms with Crippen molar-refractivity contribution in [2.24, 2.45) is 5.92 Å². The number of carbonyl (C=O) groups excluding carboxylic acids is 1. The molecule has 2 aromatic rings. The van der Waals surface area contributed by atoms with Gasteiger partial charge in [0.15, 0.2) is 10.7 Å². The normalized spacial score (nSPS) is 27.4. The van der Waals surface area contributed by atoms with Crippen molar-refractivity contribution in [3.05, 3.63) is 23.0 Å². The molecule has 5 rings (SSSR count). The van der Waals surface area contributed by atoms with Crippen LogP contribution in [0.25, 0.3) is 4.96 Å². The van der Waals surface area contributed by atoms with E-state index in [1.807, 2.05) is 4.90 Å². The van der Waals surface area contributed by atoms with Crippen LogP contribution in [0.4, 0.5) is 0 Å². The summed E-state index contributed by atoms with van der Waals surface area (Å²) in [4.78, 5) is 26.0. The first-order chi connectivity index (χ1) is 13.2. The molecular formula is C20H29N5OS. The predicted octanol–water partition coefficient (Wildman–Crippen LogP) is 2.55. The van der Waals surface area contributed by atoms with E-state index in [0.29, 0.717) is 11.7 Å². The molecule has 146 valence electrons. The number of fused-ring (bicyclic) bond motifs is 3. The third-order valence-electron chi connectivity index (χ3n) is 6.69. The van der Waals surface area contributed by atoms with E-state index in [2.05, 4.69) is 32.8 Å². The average Bonchev–Trinajstić information content (AvgIpc) is 3.27. The summed E-state index contributed by atoms with van der Waals surface area (Å²) in [5.41, 5.74) is 1.79. The molecule has 2 atom stereocenters. The first-order valence-corrected chi connectivity index (χ1v) is 11.2. The van der Waals surface area contributed by atoms with Gasteiger partial charge in [0.1, 0.15) is 0 Å². The molecule has 7 heteroatoms. The Bertz CT molecular complexity index is 830. The van der Waals surface area contributed by atoms with Gasteiger partial charge in [-0.05, 0) is 45.2 Å². The van der Waals surface area contributed by atoms with Gasteiger partial charge >= 0.3 is 0 Å². The van der Waals surface area contributed by atoms with E-state index in [-0.39, 0.29) is 5.91 Å². The van der Waals surface area contributed by atoms with E-state index < -0.39 is 0 Å². The quantitative estimate of drug-likeness (QED) is 0.812. The zero-order valence-electron chi connectivity index (χ0n) is 16.1. The Kier molecular flexibility index (Phi) is 4.70. The number of thiazole rings is 1. The van der Waals surface area contributed by atoms with Crippen LogP contribution < -0.4 is 0 Å². The Morgan fingerprint density at radius 2 is 2.15 bits per heavy atom. The summed E-state index contributed by atoms with van der Waals surface area (Å²) < 4.78 is 2.16. The second kappa shape index (κ2) is 7.18. The minimum Gasteiger partial charge on any atom is -0.336 e. The minimum absolute atomic E-state index is 0.123. The number of hydrogen-bond donors (Lipinski definition) is 0. The number of nitrogens with zero attached hydrogens (tertiary/aromatic N) is 5. The van der Waals surface area contributed by atoms with E-state index in [1.165, 1.54) is 32.2 Å². The van der Waals surface area contributed by atoms with Crippen LogP contribution in [0.3, 0.4) is 0 Å². The molecule has 0 unspecified atom stereocenters. The molecule has 0 N–H and O–H groups in total. The summed E-state index contributed by atoms with van der Waals surface area (Å²) in [6, 6.07) is 0.697. The van der Waals surface area contributed by atoms with Gasteiger partial charge in [0.2, 0.25) is 0 Å². The molecule has 0 aromatic carbocycles. The van der Waals surface area contributed by atoms with Crippen molar-refractivity contribution >= 4 is 22.2 Å². The Morgan fingerprint density at radius 1 is 1.22 bits per heavy atom. The fraction of sp³-hybridized carbons (Fsp3) is 0.700. The molecule has 1 aliphatic carbocycles. The molecule has 27 heavy (non-hydrogen) atoms. The van der Waals surface area contributed by atoms with Crippen LogP contribution in [0.5, 0.6) is 0 Å². The van der Waals surface area contributed by atoms with Crippen LogP contribution >= 0.6 is 11.3 Å². The SMILES string of the molecule is CN1CCCN(C(=O)c2nc3sccn3c2CN2C[C@@H]3CCC[C@H]2C3)CC1. The first-order valence-electron chi connectivity index (χ1n) is 10.4. The van der Waals surface area contributed by atoms with Crippen molar-refractivity contribution in [3.8, 4) is 0 Å². The fourth-order valence-electron chi connectivity index (χ4n) is 5.18. The van der Waals surface area contributed by atoms with Crippen molar-refractivity contribution in [1.29, 1.82) is 0 Å². The molecule has 2 aromatic heterocycles. The maximum Gasteiger partial charge on any atom is 0.274 e. The molecule has 1 amide bonds. The van der Waals surface area contributed by atoms with Crippen LogP contribution in [0.2, 0.25) is 0 Å². The van der Waals surface area contributed by atoms with Crippen LogP contribution in [0.15, 0.2) is 11.6 Å². The van der Waals surface area contributed by atoms with E-state index in [0.717, 1.165) is 55.7 Å². The van der Waals surface area contributed by atoms with E-state index in [1.54, 1.807) is 11.3 Å². The van der Waals surface area contributed by atoms with Crippen molar-refractivity contribution in [2.75, 3.05) is 39.8 Å². The Balaban J connectivity index is 1.43. The van der Waals surface area contributed by atoms with Crippen LogP contribution in [0.1, 0.15) is 48.3 Å². The van der Waals surface area contributed by atoms with E-state index in [4.69, 9.17) is 4.98 Å². The second-order valence-electron chi connectivity index (χ2n) is 8.53. The highest BCUT2D eigenvalue weighted by Crippen LogP contribution is 2.36. The number of hydrogen-bond acceptors (Lipinski definition) is 5. The average molecular weight is 388 g/mol. The lowest BCUT2D eigenvalue weighted by Gasteiger charge is -2.25. The highest BCUT2D eigenvalue weighted by Gasteiger charge is 2.36. The Labute approximate surface area is 164 Å². The molecule has 0 spiro atoms. The standard InChI is InChI=1S/C20H29N5OS/c1-22-6-3-7-23(9-8-22)19(26)18-17(25-10-11-27-20(25)21-18)14-24-13-15-4-2-5-16(24)12-15/h10-11,15-16H,2-9,12-14H2,1H3/t15-,16+/m1/s1.